The molecule has 32 heavy (non-hydrogen) atoms. The van der Waals surface area contributed by atoms with Gasteiger partial charge in [-0.1, -0.05) is 6.92 Å². The average molecular weight is 438 g/mol. The van der Waals surface area contributed by atoms with Crippen molar-refractivity contribution in [2.75, 3.05) is 6.54 Å². The Kier molecular flexibility index (Phi) is 5.68. The van der Waals surface area contributed by atoms with E-state index in [1.807, 2.05) is 6.92 Å². The van der Waals surface area contributed by atoms with Crippen LogP contribution in [0.3, 0.4) is 0 Å². The molecule has 8 atom stereocenters. The molecule has 4 fully saturated rings. The number of aliphatic imine (C=N–C) groups is 1. The van der Waals surface area contributed by atoms with Crippen LogP contribution < -0.4 is 5.32 Å². The van der Waals surface area contributed by atoms with E-state index >= 15 is 0 Å². The van der Waals surface area contributed by atoms with Crippen molar-refractivity contribution in [3.05, 3.63) is 24.0 Å². The van der Waals surface area contributed by atoms with Crippen molar-refractivity contribution in [1.82, 2.24) is 5.32 Å². The molecule has 5 heteroatoms. The number of rotatable bonds is 4. The van der Waals surface area contributed by atoms with Gasteiger partial charge in [0.05, 0.1) is 17.9 Å². The van der Waals surface area contributed by atoms with Crippen LogP contribution in [-0.2, 0) is 4.79 Å². The Bertz CT molecular complexity index is 872. The maximum absolute atomic E-state index is 13.3. The number of carbonyl (C=O) groups excluding carboxylic acids is 1. The van der Waals surface area contributed by atoms with Crippen molar-refractivity contribution >= 4 is 17.7 Å². The number of Topliss-reactive ketones (excluding diaryl/α,β-unsaturated/α-hetero) is 1. The lowest BCUT2D eigenvalue weighted by Crippen LogP contribution is -2.51. The number of ketones is 1. The third kappa shape index (κ3) is 3.81. The second-order valence-electron chi connectivity index (χ2n) is 11.8. The van der Waals surface area contributed by atoms with Gasteiger partial charge >= 0.3 is 0 Å². The summed E-state index contributed by atoms with van der Waals surface area (Å²) in [6.07, 6.45) is 17.2. The number of fused-ring (bicyclic) bond motifs is 5. The lowest BCUT2D eigenvalue weighted by molar-refractivity contribution is -0.131. The van der Waals surface area contributed by atoms with Gasteiger partial charge in [0.25, 0.3) is 0 Å². The first kappa shape index (κ1) is 22.1. The van der Waals surface area contributed by atoms with Gasteiger partial charge in [0, 0.05) is 18.3 Å². The molecule has 0 saturated heterocycles. The number of aliphatic hydroxyl groups is 1. The normalized spacial score (nSPS) is 46.5. The fraction of sp³-hybridized carbons (Fsp3) is 0.741. The van der Waals surface area contributed by atoms with E-state index in [4.69, 9.17) is 5.41 Å². The third-order valence-electron chi connectivity index (χ3n) is 9.98. The SMILES string of the molecule is C[C@@]1(O)CC[C@H]2[C@H](CC[C@@H]3[C@@H]2CC[C@]2(C)[C@@H](C(=O)CN/C=C4/N=CC=CC4=N)CC[C@@H]32)C1. The number of hydrogen-bond acceptors (Lipinski definition) is 5. The van der Waals surface area contributed by atoms with Gasteiger partial charge in [-0.2, -0.15) is 0 Å². The molecule has 5 nitrogen and oxygen atoms in total. The smallest absolute Gasteiger partial charge is 0.155 e. The Balaban J connectivity index is 1.23. The number of dihydropyridines is 1. The standard InChI is InChI=1S/C27H39N3O2/c1-26(32)11-9-18-17(14-26)5-6-20-19(18)10-12-27(2)21(20)7-8-22(27)25(31)16-29-15-24-23(28)4-3-13-30-24/h3-4,13,15,17-22,28-29,32H,5-12,14,16H2,1-2H3/b24-15+,28-23?/t17-,18+,19-,20-,21+,22-,26-,27+/m1/s1. The Morgan fingerprint density at radius 3 is 2.78 bits per heavy atom. The molecule has 0 spiro atoms. The van der Waals surface area contributed by atoms with Crippen LogP contribution >= 0.6 is 0 Å². The van der Waals surface area contributed by atoms with Gasteiger partial charge in [0.15, 0.2) is 5.78 Å². The largest absolute Gasteiger partial charge is 0.390 e. The molecule has 0 unspecified atom stereocenters. The molecular formula is C27H39N3O2. The molecule has 0 aromatic rings. The van der Waals surface area contributed by atoms with Gasteiger partial charge in [-0.3, -0.25) is 15.2 Å². The number of allylic oxidation sites excluding steroid dienone is 2. The second-order valence-corrected chi connectivity index (χ2v) is 11.8. The molecule has 0 bridgehead atoms. The van der Waals surface area contributed by atoms with Gasteiger partial charge in [-0.25, -0.2) is 0 Å². The monoisotopic (exact) mass is 437 g/mol. The molecule has 0 aromatic carbocycles. The average Bonchev–Trinajstić information content (AvgIpc) is 3.11. The van der Waals surface area contributed by atoms with E-state index < -0.39 is 5.60 Å². The topological polar surface area (TPSA) is 85.5 Å². The van der Waals surface area contributed by atoms with Crippen LogP contribution in [0.2, 0.25) is 0 Å². The van der Waals surface area contributed by atoms with Crippen LogP contribution in [0.5, 0.6) is 0 Å². The molecule has 0 amide bonds. The minimum Gasteiger partial charge on any atom is -0.390 e. The molecule has 5 aliphatic rings. The van der Waals surface area contributed by atoms with E-state index in [1.54, 1.807) is 24.6 Å². The predicted octanol–water partition coefficient (Wildman–Crippen LogP) is 4.67. The van der Waals surface area contributed by atoms with E-state index in [1.165, 1.54) is 38.5 Å². The molecular weight excluding hydrogens is 398 g/mol. The summed E-state index contributed by atoms with van der Waals surface area (Å²) in [6.45, 7) is 4.77. The molecule has 174 valence electrons. The maximum Gasteiger partial charge on any atom is 0.155 e. The Morgan fingerprint density at radius 1 is 1.16 bits per heavy atom. The van der Waals surface area contributed by atoms with Crippen LogP contribution in [-0.4, -0.2) is 35.0 Å². The summed E-state index contributed by atoms with van der Waals surface area (Å²) >= 11 is 0. The van der Waals surface area contributed by atoms with Crippen LogP contribution in [0, 0.1) is 46.3 Å². The second kappa shape index (κ2) is 8.23. The molecule has 1 heterocycles. The van der Waals surface area contributed by atoms with Crippen molar-refractivity contribution in [2.45, 2.75) is 77.2 Å². The molecule has 0 aromatic heterocycles. The Hall–Kier alpha value is -1.75. The first-order valence-corrected chi connectivity index (χ1v) is 12.8. The van der Waals surface area contributed by atoms with Gasteiger partial charge in [0.1, 0.15) is 5.70 Å². The van der Waals surface area contributed by atoms with Gasteiger partial charge in [-0.05, 0) is 112 Å². The Labute approximate surface area is 192 Å². The van der Waals surface area contributed by atoms with Gasteiger partial charge < -0.3 is 10.4 Å². The van der Waals surface area contributed by atoms with E-state index in [0.717, 1.165) is 37.0 Å². The first-order chi connectivity index (χ1) is 15.3. The van der Waals surface area contributed by atoms with Crippen molar-refractivity contribution in [3.8, 4) is 0 Å². The summed E-state index contributed by atoms with van der Waals surface area (Å²) < 4.78 is 0. The molecule has 5 rings (SSSR count). The molecule has 4 saturated carbocycles. The van der Waals surface area contributed by atoms with Crippen molar-refractivity contribution in [1.29, 1.82) is 5.41 Å². The lowest BCUT2D eigenvalue weighted by Gasteiger charge is -2.56. The zero-order chi connectivity index (χ0) is 22.5. The fourth-order valence-corrected chi connectivity index (χ4v) is 8.51. The first-order valence-electron chi connectivity index (χ1n) is 12.8. The molecule has 1 aliphatic heterocycles. The van der Waals surface area contributed by atoms with Crippen LogP contribution in [0.15, 0.2) is 29.0 Å². The highest BCUT2D eigenvalue weighted by atomic mass is 16.3. The number of hydrogen-bond donors (Lipinski definition) is 3. The zero-order valence-corrected chi connectivity index (χ0v) is 19.6. The summed E-state index contributed by atoms with van der Waals surface area (Å²) in [5.41, 5.74) is 0.638. The van der Waals surface area contributed by atoms with Crippen molar-refractivity contribution in [3.63, 3.8) is 0 Å². The summed E-state index contributed by atoms with van der Waals surface area (Å²) in [5.74, 6) is 4.24. The summed E-state index contributed by atoms with van der Waals surface area (Å²) in [6, 6.07) is 0. The fourth-order valence-electron chi connectivity index (χ4n) is 8.51. The molecule has 3 N–H and O–H groups in total. The number of nitrogens with zero attached hydrogens (tertiary/aromatic N) is 1. The number of carbonyl (C=O) groups is 1. The van der Waals surface area contributed by atoms with Crippen molar-refractivity contribution in [2.24, 2.45) is 45.9 Å². The van der Waals surface area contributed by atoms with E-state index in [9.17, 15) is 9.90 Å². The highest BCUT2D eigenvalue weighted by molar-refractivity contribution is 6.10. The maximum atomic E-state index is 13.3. The predicted molar refractivity (Wildman–Crippen MR) is 128 cm³/mol. The van der Waals surface area contributed by atoms with Gasteiger partial charge in [0.2, 0.25) is 0 Å². The molecule has 4 aliphatic carbocycles. The summed E-state index contributed by atoms with van der Waals surface area (Å²) in [7, 11) is 0. The summed E-state index contributed by atoms with van der Waals surface area (Å²) in [5, 5.41) is 21.7. The van der Waals surface area contributed by atoms with Crippen LogP contribution in [0.1, 0.15) is 71.6 Å². The Morgan fingerprint density at radius 2 is 1.97 bits per heavy atom. The quantitative estimate of drug-likeness (QED) is 0.598. The third-order valence-corrected chi connectivity index (χ3v) is 9.98. The zero-order valence-electron chi connectivity index (χ0n) is 19.6. The van der Waals surface area contributed by atoms with E-state index in [-0.39, 0.29) is 11.3 Å². The minimum atomic E-state index is -0.456. The minimum absolute atomic E-state index is 0.137. The highest BCUT2D eigenvalue weighted by Gasteiger charge is 2.58. The van der Waals surface area contributed by atoms with Crippen molar-refractivity contribution < 1.29 is 9.90 Å². The lowest BCUT2D eigenvalue weighted by atomic mass is 9.49. The molecule has 0 radical (unpaired) electrons. The van der Waals surface area contributed by atoms with E-state index in [0.29, 0.717) is 35.6 Å². The highest BCUT2D eigenvalue weighted by Crippen LogP contribution is 2.64. The van der Waals surface area contributed by atoms with E-state index in [2.05, 4.69) is 17.2 Å². The summed E-state index contributed by atoms with van der Waals surface area (Å²) in [4.78, 5) is 17.5. The van der Waals surface area contributed by atoms with Crippen LogP contribution in [0.25, 0.3) is 0 Å². The van der Waals surface area contributed by atoms with Gasteiger partial charge in [-0.15, -0.1) is 0 Å². The van der Waals surface area contributed by atoms with Crippen LogP contribution in [0.4, 0.5) is 0 Å². The number of nitrogens with one attached hydrogen (secondary N) is 2.